The third kappa shape index (κ3) is 6.11. The molecule has 2 amide bonds. The summed E-state index contributed by atoms with van der Waals surface area (Å²) < 4.78 is 31.3. The van der Waals surface area contributed by atoms with E-state index >= 15 is 0 Å². The highest BCUT2D eigenvalue weighted by Gasteiger charge is 2.31. The maximum absolute atomic E-state index is 13.3. The fraction of sp³-hybridized carbons (Fsp3) is 0.333. The molecule has 168 valence electrons. The van der Waals surface area contributed by atoms with Crippen molar-refractivity contribution < 1.29 is 22.7 Å². The molecule has 1 atom stereocenters. The van der Waals surface area contributed by atoms with Crippen molar-refractivity contribution in [1.82, 2.24) is 10.2 Å². The van der Waals surface area contributed by atoms with E-state index in [1.807, 2.05) is 0 Å². The van der Waals surface area contributed by atoms with Crippen LogP contribution in [0.4, 0.5) is 5.69 Å². The number of sulfonamides is 1. The van der Waals surface area contributed by atoms with Gasteiger partial charge in [0.05, 0.1) is 19.1 Å². The molecule has 0 spiro atoms. The number of anilines is 1. The van der Waals surface area contributed by atoms with Crippen LogP contribution in [0.15, 0.2) is 48.5 Å². The lowest BCUT2D eigenvalue weighted by molar-refractivity contribution is -0.139. The molecule has 0 aromatic heterocycles. The summed E-state index contributed by atoms with van der Waals surface area (Å²) in [5, 5.41) is 2.96. The first-order chi connectivity index (χ1) is 14.6. The smallest absolute Gasteiger partial charge is 0.244 e. The monoisotopic (exact) mass is 467 g/mol. The lowest BCUT2D eigenvalue weighted by Gasteiger charge is -2.31. The molecule has 1 unspecified atom stereocenters. The van der Waals surface area contributed by atoms with Crippen molar-refractivity contribution in [3.8, 4) is 5.75 Å². The number of likely N-dealkylation sites (N-methyl/N-ethyl adjacent to an activating group) is 1. The molecular weight excluding hydrogens is 442 g/mol. The van der Waals surface area contributed by atoms with Crippen LogP contribution in [0, 0.1) is 0 Å². The number of benzene rings is 2. The predicted octanol–water partition coefficient (Wildman–Crippen LogP) is 2.28. The number of rotatable bonds is 9. The van der Waals surface area contributed by atoms with Crippen LogP contribution in [0.1, 0.15) is 12.5 Å². The Balaban J connectivity index is 2.44. The molecule has 0 aliphatic carbocycles. The largest absolute Gasteiger partial charge is 0.495 e. The number of nitrogens with zero attached hydrogens (tertiary/aromatic N) is 2. The number of nitrogens with one attached hydrogen (secondary N) is 1. The molecule has 0 fully saturated rings. The van der Waals surface area contributed by atoms with Crippen LogP contribution >= 0.6 is 11.6 Å². The average Bonchev–Trinajstić information content (AvgIpc) is 2.74. The zero-order chi connectivity index (χ0) is 23.2. The fourth-order valence-electron chi connectivity index (χ4n) is 3.03. The molecule has 0 heterocycles. The first-order valence-corrected chi connectivity index (χ1v) is 11.7. The molecular formula is C21H26ClN3O5S. The summed E-state index contributed by atoms with van der Waals surface area (Å²) in [4.78, 5) is 26.9. The Morgan fingerprint density at radius 1 is 1.13 bits per heavy atom. The van der Waals surface area contributed by atoms with Crippen LogP contribution in [0.2, 0.25) is 5.02 Å². The number of halogens is 1. The third-order valence-corrected chi connectivity index (χ3v) is 6.24. The van der Waals surface area contributed by atoms with Gasteiger partial charge in [0, 0.05) is 18.6 Å². The van der Waals surface area contributed by atoms with Crippen LogP contribution in [-0.4, -0.2) is 58.1 Å². The van der Waals surface area contributed by atoms with Crippen molar-refractivity contribution in [2.24, 2.45) is 0 Å². The summed E-state index contributed by atoms with van der Waals surface area (Å²) in [6, 6.07) is 12.6. The van der Waals surface area contributed by atoms with Gasteiger partial charge in [0.1, 0.15) is 18.3 Å². The molecule has 0 saturated carbocycles. The average molecular weight is 468 g/mol. The second-order valence-corrected chi connectivity index (χ2v) is 9.16. The quantitative estimate of drug-likeness (QED) is 0.610. The van der Waals surface area contributed by atoms with Gasteiger partial charge in [-0.3, -0.25) is 13.9 Å². The van der Waals surface area contributed by atoms with Gasteiger partial charge < -0.3 is 15.0 Å². The van der Waals surface area contributed by atoms with E-state index in [1.165, 1.54) is 19.1 Å². The van der Waals surface area contributed by atoms with Gasteiger partial charge in [-0.2, -0.15) is 0 Å². The van der Waals surface area contributed by atoms with Crippen molar-refractivity contribution in [2.45, 2.75) is 19.5 Å². The fourth-order valence-corrected chi connectivity index (χ4v) is 4.08. The molecule has 2 rings (SSSR count). The first-order valence-electron chi connectivity index (χ1n) is 9.45. The van der Waals surface area contributed by atoms with Crippen molar-refractivity contribution in [2.75, 3.05) is 31.3 Å². The highest BCUT2D eigenvalue weighted by atomic mass is 35.5. The summed E-state index contributed by atoms with van der Waals surface area (Å²) in [6.45, 7) is 1.10. The number of para-hydroxylation sites is 2. The first kappa shape index (κ1) is 24.5. The number of hydrogen-bond donors (Lipinski definition) is 1. The van der Waals surface area contributed by atoms with E-state index in [0.29, 0.717) is 16.3 Å². The number of carbonyl (C=O) groups excluding carboxylic acids is 2. The maximum Gasteiger partial charge on any atom is 0.244 e. The topological polar surface area (TPSA) is 96.0 Å². The van der Waals surface area contributed by atoms with Crippen molar-refractivity contribution in [3.05, 3.63) is 59.1 Å². The molecule has 31 heavy (non-hydrogen) atoms. The van der Waals surface area contributed by atoms with E-state index < -0.39 is 28.5 Å². The molecule has 0 saturated heterocycles. The summed E-state index contributed by atoms with van der Waals surface area (Å²) in [7, 11) is -0.950. The SMILES string of the molecule is CNC(=O)C(C)N(Cc1ccccc1Cl)C(=O)CN(c1ccccc1OC)S(C)(=O)=O. The molecule has 2 aromatic carbocycles. The van der Waals surface area contributed by atoms with E-state index in [0.717, 1.165) is 10.6 Å². The Hall–Kier alpha value is -2.78. The van der Waals surface area contributed by atoms with Gasteiger partial charge in [-0.05, 0) is 30.7 Å². The summed E-state index contributed by atoms with van der Waals surface area (Å²) in [6.07, 6.45) is 1.01. The maximum atomic E-state index is 13.3. The van der Waals surface area contributed by atoms with E-state index in [-0.39, 0.29) is 18.1 Å². The van der Waals surface area contributed by atoms with Crippen LogP contribution in [0.5, 0.6) is 5.75 Å². The van der Waals surface area contributed by atoms with Crippen LogP contribution < -0.4 is 14.4 Å². The number of carbonyl (C=O) groups is 2. The Morgan fingerprint density at radius 2 is 1.74 bits per heavy atom. The zero-order valence-electron chi connectivity index (χ0n) is 17.8. The lowest BCUT2D eigenvalue weighted by Crippen LogP contribution is -2.50. The van der Waals surface area contributed by atoms with Crippen LogP contribution in [-0.2, 0) is 26.2 Å². The predicted molar refractivity (Wildman–Crippen MR) is 121 cm³/mol. The number of ether oxygens (including phenoxy) is 1. The van der Waals surface area contributed by atoms with Crippen LogP contribution in [0.25, 0.3) is 0 Å². The third-order valence-electron chi connectivity index (χ3n) is 4.75. The van der Waals surface area contributed by atoms with E-state index in [2.05, 4.69) is 5.32 Å². The zero-order valence-corrected chi connectivity index (χ0v) is 19.4. The van der Waals surface area contributed by atoms with Crippen molar-refractivity contribution in [1.29, 1.82) is 0 Å². The van der Waals surface area contributed by atoms with Gasteiger partial charge in [0.2, 0.25) is 21.8 Å². The molecule has 8 nitrogen and oxygen atoms in total. The van der Waals surface area contributed by atoms with Crippen LogP contribution in [0.3, 0.4) is 0 Å². The Morgan fingerprint density at radius 3 is 2.32 bits per heavy atom. The molecule has 1 N–H and O–H groups in total. The van der Waals surface area contributed by atoms with Crippen molar-refractivity contribution >= 4 is 39.1 Å². The number of methoxy groups -OCH3 is 1. The molecule has 0 bridgehead atoms. The van der Waals surface area contributed by atoms with Gasteiger partial charge in [-0.15, -0.1) is 0 Å². The highest BCUT2D eigenvalue weighted by Crippen LogP contribution is 2.29. The number of amides is 2. The standard InChI is InChI=1S/C21H26ClN3O5S/c1-15(21(27)23-2)24(13-16-9-5-6-10-17(16)22)20(26)14-25(31(4,28)29)18-11-7-8-12-19(18)30-3/h5-12,15H,13-14H2,1-4H3,(H,23,27). The van der Waals surface area contributed by atoms with E-state index in [1.54, 1.807) is 55.5 Å². The highest BCUT2D eigenvalue weighted by molar-refractivity contribution is 7.92. The summed E-state index contributed by atoms with van der Waals surface area (Å²) >= 11 is 6.24. The molecule has 10 heteroatoms. The minimum atomic E-state index is -3.83. The Kier molecular flexibility index (Phi) is 8.29. The molecule has 0 aliphatic heterocycles. The minimum absolute atomic E-state index is 0.0383. The van der Waals surface area contributed by atoms with E-state index in [9.17, 15) is 18.0 Å². The Labute approximate surface area is 187 Å². The van der Waals surface area contributed by atoms with Gasteiger partial charge in [-0.1, -0.05) is 41.9 Å². The Bertz CT molecular complexity index is 1040. The summed E-state index contributed by atoms with van der Waals surface area (Å²) in [5.74, 6) is -0.645. The van der Waals surface area contributed by atoms with Gasteiger partial charge in [-0.25, -0.2) is 8.42 Å². The molecule has 0 aliphatic rings. The van der Waals surface area contributed by atoms with Gasteiger partial charge in [0.15, 0.2) is 0 Å². The molecule has 2 aromatic rings. The van der Waals surface area contributed by atoms with Gasteiger partial charge in [0.25, 0.3) is 0 Å². The lowest BCUT2D eigenvalue weighted by atomic mass is 10.1. The summed E-state index contributed by atoms with van der Waals surface area (Å²) in [5.41, 5.74) is 0.864. The normalized spacial score (nSPS) is 12.0. The number of hydrogen-bond acceptors (Lipinski definition) is 5. The van der Waals surface area contributed by atoms with Gasteiger partial charge >= 0.3 is 0 Å². The second-order valence-electron chi connectivity index (χ2n) is 6.84. The minimum Gasteiger partial charge on any atom is -0.495 e. The van der Waals surface area contributed by atoms with E-state index in [4.69, 9.17) is 16.3 Å². The van der Waals surface area contributed by atoms with Crippen molar-refractivity contribution in [3.63, 3.8) is 0 Å². The second kappa shape index (κ2) is 10.5. The molecule has 0 radical (unpaired) electrons.